The maximum absolute atomic E-state index is 13.5. The van der Waals surface area contributed by atoms with Gasteiger partial charge >= 0.3 is 5.97 Å². The molecule has 158 valence electrons. The van der Waals surface area contributed by atoms with Gasteiger partial charge in [-0.3, -0.25) is 14.5 Å². The zero-order chi connectivity index (χ0) is 22.2. The number of rotatable bonds is 7. The van der Waals surface area contributed by atoms with Crippen LogP contribution in [0.15, 0.2) is 28.7 Å². The Bertz CT molecular complexity index is 1140. The van der Waals surface area contributed by atoms with E-state index in [1.54, 1.807) is 45.3 Å². The van der Waals surface area contributed by atoms with Crippen LogP contribution in [0, 0.1) is 20.8 Å². The fraction of sp³-hybridized carbons (Fsp3) is 0.304. The highest BCUT2D eigenvalue weighted by Gasteiger charge is 2.26. The van der Waals surface area contributed by atoms with Gasteiger partial charge in [0.25, 0.3) is 0 Å². The van der Waals surface area contributed by atoms with Crippen molar-refractivity contribution in [1.82, 2.24) is 4.90 Å². The normalized spacial score (nSPS) is 11.3. The minimum absolute atomic E-state index is 0.0358. The molecule has 1 aromatic heterocycles. The fourth-order valence-corrected chi connectivity index (χ4v) is 3.50. The van der Waals surface area contributed by atoms with Crippen molar-refractivity contribution >= 4 is 22.7 Å². The number of nitrogens with zero attached hydrogens (tertiary/aromatic N) is 1. The van der Waals surface area contributed by atoms with Gasteiger partial charge in [-0.2, -0.15) is 0 Å². The molecular weight excluding hydrogens is 386 g/mol. The molecule has 1 heterocycles. The second-order valence-corrected chi connectivity index (χ2v) is 7.52. The highest BCUT2D eigenvalue weighted by molar-refractivity contribution is 6.17. The molecule has 0 atom stereocenters. The minimum Gasteiger partial charge on any atom is -0.504 e. The van der Waals surface area contributed by atoms with Gasteiger partial charge in [-0.1, -0.05) is 6.07 Å². The summed E-state index contributed by atoms with van der Waals surface area (Å²) in [5.41, 5.74) is 3.43. The van der Waals surface area contributed by atoms with Crippen molar-refractivity contribution in [2.75, 3.05) is 20.7 Å². The lowest BCUT2D eigenvalue weighted by Crippen LogP contribution is -2.25. The highest BCUT2D eigenvalue weighted by Crippen LogP contribution is 2.37. The van der Waals surface area contributed by atoms with Crippen molar-refractivity contribution in [2.45, 2.75) is 27.3 Å². The molecule has 0 spiro atoms. The van der Waals surface area contributed by atoms with Crippen LogP contribution in [0.3, 0.4) is 0 Å². The SMILES string of the molecule is COc1cc(C(=O)c2c(CN(C)CC(=O)O)oc3c(O)c(C)ccc23)cc(C)c1C. The lowest BCUT2D eigenvalue weighted by molar-refractivity contribution is -0.138. The zero-order valence-corrected chi connectivity index (χ0v) is 17.7. The van der Waals surface area contributed by atoms with E-state index in [2.05, 4.69) is 0 Å². The Hall–Kier alpha value is -3.32. The summed E-state index contributed by atoms with van der Waals surface area (Å²) in [6.07, 6.45) is 0. The standard InChI is InChI=1S/C23H25NO6/c1-12-6-7-16-20(22(28)15-8-13(2)14(3)17(9-15)29-5)18(30-23(16)21(12)27)10-24(4)11-19(25)26/h6-9,27H,10-11H2,1-5H3,(H,25,26). The van der Waals surface area contributed by atoms with Gasteiger partial charge in [0, 0.05) is 10.9 Å². The van der Waals surface area contributed by atoms with Crippen LogP contribution in [0.4, 0.5) is 0 Å². The van der Waals surface area contributed by atoms with E-state index in [4.69, 9.17) is 14.3 Å². The van der Waals surface area contributed by atoms with Gasteiger partial charge in [0.1, 0.15) is 11.5 Å². The van der Waals surface area contributed by atoms with Crippen molar-refractivity contribution in [3.05, 3.63) is 57.8 Å². The summed E-state index contributed by atoms with van der Waals surface area (Å²) in [5.74, 6) is -0.395. The molecule has 3 aromatic rings. The molecule has 0 saturated carbocycles. The van der Waals surface area contributed by atoms with Gasteiger partial charge in [0.2, 0.25) is 0 Å². The van der Waals surface area contributed by atoms with E-state index in [9.17, 15) is 14.7 Å². The number of ether oxygens (including phenoxy) is 1. The number of likely N-dealkylation sites (N-methyl/N-ethyl adjacent to an activating group) is 1. The largest absolute Gasteiger partial charge is 0.504 e. The van der Waals surface area contributed by atoms with Crippen LogP contribution in [0.25, 0.3) is 11.0 Å². The number of hydrogen-bond acceptors (Lipinski definition) is 6. The average Bonchev–Trinajstić information content (AvgIpc) is 3.04. The first-order chi connectivity index (χ1) is 14.1. The predicted octanol–water partition coefficient (Wildman–Crippen LogP) is 3.82. The van der Waals surface area contributed by atoms with Gasteiger partial charge in [0.05, 0.1) is 25.8 Å². The van der Waals surface area contributed by atoms with Crippen molar-refractivity contribution in [1.29, 1.82) is 0 Å². The first-order valence-electron chi connectivity index (χ1n) is 9.48. The van der Waals surface area contributed by atoms with Gasteiger partial charge in [0.15, 0.2) is 17.1 Å². The lowest BCUT2D eigenvalue weighted by Gasteiger charge is -2.14. The van der Waals surface area contributed by atoms with Crippen LogP contribution in [0.5, 0.6) is 11.5 Å². The van der Waals surface area contributed by atoms with Crippen molar-refractivity contribution in [3.63, 3.8) is 0 Å². The number of ketones is 1. The smallest absolute Gasteiger partial charge is 0.317 e. The first-order valence-corrected chi connectivity index (χ1v) is 9.48. The van der Waals surface area contributed by atoms with E-state index in [-0.39, 0.29) is 30.2 Å². The Kier molecular flexibility index (Phi) is 5.85. The monoisotopic (exact) mass is 411 g/mol. The fourth-order valence-electron chi connectivity index (χ4n) is 3.50. The number of hydrogen-bond donors (Lipinski definition) is 2. The van der Waals surface area contributed by atoms with E-state index in [0.29, 0.717) is 33.6 Å². The number of carboxylic acid groups (broad SMARTS) is 1. The molecule has 0 unspecified atom stereocenters. The number of methoxy groups -OCH3 is 1. The van der Waals surface area contributed by atoms with Crippen LogP contribution in [0.1, 0.15) is 38.4 Å². The van der Waals surface area contributed by atoms with Crippen molar-refractivity contribution < 1.29 is 29.0 Å². The summed E-state index contributed by atoms with van der Waals surface area (Å²) in [6.45, 7) is 5.44. The predicted molar refractivity (Wildman–Crippen MR) is 112 cm³/mol. The number of carbonyl (C=O) groups is 2. The van der Waals surface area contributed by atoms with E-state index in [1.807, 2.05) is 13.8 Å². The van der Waals surface area contributed by atoms with Gasteiger partial charge in [-0.15, -0.1) is 0 Å². The first kappa shape index (κ1) is 21.4. The number of furan rings is 1. The number of aryl methyl sites for hydroxylation is 2. The quantitative estimate of drug-likeness (QED) is 0.570. The summed E-state index contributed by atoms with van der Waals surface area (Å²) in [5, 5.41) is 20.0. The molecule has 3 rings (SSSR count). The van der Waals surface area contributed by atoms with Gasteiger partial charge in [-0.05, 0) is 62.7 Å². The van der Waals surface area contributed by atoms with Gasteiger partial charge < -0.3 is 19.4 Å². The average molecular weight is 411 g/mol. The summed E-state index contributed by atoms with van der Waals surface area (Å²) >= 11 is 0. The number of carboxylic acids is 1. The Morgan fingerprint density at radius 1 is 1.13 bits per heavy atom. The molecule has 0 bridgehead atoms. The molecule has 7 nitrogen and oxygen atoms in total. The number of aliphatic carboxylic acids is 1. The zero-order valence-electron chi connectivity index (χ0n) is 17.7. The molecule has 7 heteroatoms. The molecule has 0 radical (unpaired) electrons. The van der Waals surface area contributed by atoms with Gasteiger partial charge in [-0.25, -0.2) is 0 Å². The number of benzene rings is 2. The van der Waals surface area contributed by atoms with Crippen LogP contribution in [-0.4, -0.2) is 47.6 Å². The number of aromatic hydroxyl groups is 1. The number of fused-ring (bicyclic) bond motifs is 1. The maximum atomic E-state index is 13.5. The molecule has 0 fully saturated rings. The van der Waals surface area contributed by atoms with E-state index < -0.39 is 5.97 Å². The van der Waals surface area contributed by atoms with E-state index in [1.165, 1.54) is 4.90 Å². The maximum Gasteiger partial charge on any atom is 0.317 e. The van der Waals surface area contributed by atoms with Crippen LogP contribution < -0.4 is 4.74 Å². The molecule has 0 aliphatic rings. The number of phenolic OH excluding ortho intramolecular Hbond substituents is 1. The summed E-state index contributed by atoms with van der Waals surface area (Å²) in [4.78, 5) is 26.1. The number of carbonyl (C=O) groups excluding carboxylic acids is 1. The van der Waals surface area contributed by atoms with Crippen molar-refractivity contribution in [3.8, 4) is 11.5 Å². The van der Waals surface area contributed by atoms with E-state index >= 15 is 0 Å². The molecule has 0 aliphatic heterocycles. The second-order valence-electron chi connectivity index (χ2n) is 7.52. The van der Waals surface area contributed by atoms with E-state index in [0.717, 1.165) is 11.1 Å². The Morgan fingerprint density at radius 3 is 2.47 bits per heavy atom. The molecule has 30 heavy (non-hydrogen) atoms. The third kappa shape index (κ3) is 3.89. The van der Waals surface area contributed by atoms with Crippen LogP contribution in [-0.2, 0) is 11.3 Å². The topological polar surface area (TPSA) is 100 Å². The molecular formula is C23H25NO6. The molecule has 2 aromatic carbocycles. The van der Waals surface area contributed by atoms with Crippen LogP contribution >= 0.6 is 0 Å². The Labute approximate surface area is 174 Å². The summed E-state index contributed by atoms with van der Waals surface area (Å²) < 4.78 is 11.3. The van der Waals surface area contributed by atoms with Crippen LogP contribution in [0.2, 0.25) is 0 Å². The summed E-state index contributed by atoms with van der Waals surface area (Å²) in [7, 11) is 3.18. The highest BCUT2D eigenvalue weighted by atomic mass is 16.5. The third-order valence-electron chi connectivity index (χ3n) is 5.25. The molecule has 0 saturated heterocycles. The van der Waals surface area contributed by atoms with Crippen molar-refractivity contribution in [2.24, 2.45) is 0 Å². The Balaban J connectivity index is 2.19. The Morgan fingerprint density at radius 2 is 1.83 bits per heavy atom. The lowest BCUT2D eigenvalue weighted by atomic mass is 9.96. The minimum atomic E-state index is -0.987. The third-order valence-corrected chi connectivity index (χ3v) is 5.25. The summed E-state index contributed by atoms with van der Waals surface area (Å²) in [6, 6.07) is 6.93. The second kappa shape index (κ2) is 8.20. The molecule has 0 amide bonds. The molecule has 2 N–H and O–H groups in total. The molecule has 0 aliphatic carbocycles. The number of phenols is 1.